The Morgan fingerprint density at radius 2 is 1.31 bits per heavy atom. The van der Waals surface area contributed by atoms with Crippen molar-refractivity contribution in [2.45, 2.75) is 77.0 Å². The summed E-state index contributed by atoms with van der Waals surface area (Å²) in [6.07, 6.45) is 0.663. The minimum atomic E-state index is -5.10. The predicted molar refractivity (Wildman–Crippen MR) is 188 cm³/mol. The summed E-state index contributed by atoms with van der Waals surface area (Å²) in [5.41, 5.74) is 6.97. The molecule has 0 fully saturated rings. The number of benzene rings is 4. The Morgan fingerprint density at radius 3 is 1.83 bits per heavy atom. The van der Waals surface area contributed by atoms with Crippen LogP contribution in [-0.2, 0) is 25.7 Å². The maximum atomic E-state index is 14.0. The van der Waals surface area contributed by atoms with Crippen LogP contribution in [0.25, 0.3) is 0 Å². The summed E-state index contributed by atoms with van der Waals surface area (Å²) in [7, 11) is -10.0. The standard InChI is InChI=1S/C37H40N2O9S2.2Na/c1-19-15-20(2)35(50(45,46)47)21(3)32(19)39-25-17-27(31(38)30-29(25)33(40)23-11-9-10-12-24(23)34(30)41)48-26-14-13-22(16-28(26)49(42,43)44)37(7,8)18-36(4,5)6;;/h9-17,39H,18,38H2,1-8H3,(H,42,43,44)(H,45,46,47);;/q;2*+1/p-2. The zero-order chi connectivity index (χ0) is 37.3. The van der Waals surface area contributed by atoms with E-state index in [2.05, 4.69) is 5.32 Å². The summed E-state index contributed by atoms with van der Waals surface area (Å²) < 4.78 is 80.6. The molecule has 3 N–H and O–H groups in total. The molecule has 0 aliphatic heterocycles. The second-order valence-electron chi connectivity index (χ2n) is 14.5. The van der Waals surface area contributed by atoms with Crippen molar-refractivity contribution in [2.75, 3.05) is 11.1 Å². The van der Waals surface area contributed by atoms with Gasteiger partial charge in [0.2, 0.25) is 0 Å². The van der Waals surface area contributed by atoms with Crippen molar-refractivity contribution >= 4 is 48.9 Å². The van der Waals surface area contributed by atoms with Gasteiger partial charge in [0.15, 0.2) is 17.3 Å². The molecule has 1 aliphatic carbocycles. The Hall–Kier alpha value is -2.56. The minimum absolute atomic E-state index is 0. The van der Waals surface area contributed by atoms with Gasteiger partial charge in [-0.25, -0.2) is 16.8 Å². The smallest absolute Gasteiger partial charge is 0.744 e. The maximum absolute atomic E-state index is 14.0. The average Bonchev–Trinajstić information content (AvgIpc) is 2.96. The quantitative estimate of drug-likeness (QED) is 0.130. The number of nitrogens with two attached hydrogens (primary N) is 1. The van der Waals surface area contributed by atoms with E-state index in [4.69, 9.17) is 10.5 Å². The van der Waals surface area contributed by atoms with Crippen molar-refractivity contribution in [3.63, 3.8) is 0 Å². The van der Waals surface area contributed by atoms with Gasteiger partial charge < -0.3 is 24.9 Å². The third-order valence-electron chi connectivity index (χ3n) is 8.80. The maximum Gasteiger partial charge on any atom is 1.00 e. The van der Waals surface area contributed by atoms with Gasteiger partial charge in [-0.05, 0) is 72.4 Å². The molecule has 0 amide bonds. The number of aryl methyl sites for hydroxylation is 2. The van der Waals surface area contributed by atoms with E-state index in [1.54, 1.807) is 25.1 Å². The van der Waals surface area contributed by atoms with Gasteiger partial charge in [0.25, 0.3) is 0 Å². The van der Waals surface area contributed by atoms with Gasteiger partial charge in [-0.1, -0.05) is 71.0 Å². The first kappa shape index (κ1) is 43.8. The van der Waals surface area contributed by atoms with E-state index in [9.17, 15) is 35.5 Å². The number of hydrogen-bond acceptors (Lipinski definition) is 11. The number of rotatable bonds is 8. The molecule has 5 rings (SSSR count). The van der Waals surface area contributed by atoms with Crippen molar-refractivity contribution in [1.82, 2.24) is 0 Å². The zero-order valence-corrected chi connectivity index (χ0v) is 36.6. The van der Waals surface area contributed by atoms with E-state index in [0.29, 0.717) is 17.5 Å². The third-order valence-corrected chi connectivity index (χ3v) is 10.8. The summed E-state index contributed by atoms with van der Waals surface area (Å²) in [6.45, 7) is 14.6. The summed E-state index contributed by atoms with van der Waals surface area (Å²) in [5.74, 6) is -1.79. The van der Waals surface area contributed by atoms with E-state index >= 15 is 0 Å². The SMILES string of the molecule is Cc1cc(C)c(S(=O)(=O)[O-])c(C)c1Nc1cc(Oc2ccc(C(C)(C)CC(C)(C)C)cc2S(=O)(=O)[O-])c(N)c2c1C(=O)c1ccccc1C2=O.[Na+].[Na+]. The molecule has 0 spiro atoms. The Labute approximate surface area is 349 Å². The van der Waals surface area contributed by atoms with Gasteiger partial charge in [0, 0.05) is 22.9 Å². The number of carbonyl (C=O) groups excluding carboxylic acids is 2. The number of hydrogen-bond donors (Lipinski definition) is 2. The zero-order valence-electron chi connectivity index (χ0n) is 31.0. The van der Waals surface area contributed by atoms with E-state index in [0.717, 1.165) is 0 Å². The normalized spacial score (nSPS) is 13.0. The molecule has 11 nitrogen and oxygen atoms in total. The first-order chi connectivity index (χ1) is 22.9. The number of carbonyl (C=O) groups is 2. The van der Waals surface area contributed by atoms with Crippen LogP contribution in [0.2, 0.25) is 0 Å². The molecule has 0 unspecified atom stereocenters. The fourth-order valence-corrected chi connectivity index (χ4v) is 8.67. The topological polar surface area (TPSA) is 196 Å². The Morgan fingerprint density at radius 1 is 0.750 bits per heavy atom. The molecule has 0 heterocycles. The second kappa shape index (κ2) is 15.3. The van der Waals surface area contributed by atoms with Gasteiger partial charge in [-0.2, -0.15) is 0 Å². The van der Waals surface area contributed by atoms with Gasteiger partial charge in [-0.15, -0.1) is 0 Å². The fraction of sp³-hybridized carbons (Fsp3) is 0.297. The van der Waals surface area contributed by atoms with E-state index in [1.807, 2.05) is 34.6 Å². The molecule has 0 atom stereocenters. The molecule has 15 heteroatoms. The van der Waals surface area contributed by atoms with Crippen LogP contribution in [0.4, 0.5) is 17.1 Å². The van der Waals surface area contributed by atoms with Crippen molar-refractivity contribution < 1.29 is 99.4 Å². The molecule has 0 aromatic heterocycles. The second-order valence-corrected chi connectivity index (χ2v) is 17.2. The molecule has 264 valence electrons. The number of ether oxygens (including phenoxy) is 1. The predicted octanol–water partition coefficient (Wildman–Crippen LogP) is 1.04. The van der Waals surface area contributed by atoms with Crippen LogP contribution in [0, 0.1) is 26.2 Å². The summed E-state index contributed by atoms with van der Waals surface area (Å²) in [5, 5.41) is 3.05. The molecule has 4 aromatic rings. The van der Waals surface area contributed by atoms with Crippen LogP contribution in [0.5, 0.6) is 11.5 Å². The van der Waals surface area contributed by atoms with Crippen molar-refractivity contribution in [2.24, 2.45) is 5.41 Å². The molecule has 52 heavy (non-hydrogen) atoms. The number of ketones is 2. The Balaban J connectivity index is 0.00000364. The Bertz CT molecular complexity index is 2350. The van der Waals surface area contributed by atoms with Gasteiger partial charge >= 0.3 is 59.1 Å². The van der Waals surface area contributed by atoms with E-state index < -0.39 is 47.0 Å². The first-order valence-electron chi connectivity index (χ1n) is 15.7. The van der Waals surface area contributed by atoms with Crippen LogP contribution in [0.3, 0.4) is 0 Å². The van der Waals surface area contributed by atoms with Gasteiger partial charge in [0.05, 0.1) is 32.3 Å². The summed E-state index contributed by atoms with van der Waals surface area (Å²) in [4.78, 5) is 26.9. The van der Waals surface area contributed by atoms with Crippen LogP contribution >= 0.6 is 0 Å². The van der Waals surface area contributed by atoms with Crippen molar-refractivity contribution in [3.8, 4) is 11.5 Å². The molecule has 1 aliphatic rings. The molecule has 0 saturated carbocycles. The first-order valence-corrected chi connectivity index (χ1v) is 18.5. The van der Waals surface area contributed by atoms with Gasteiger partial charge in [0.1, 0.15) is 26.0 Å². The van der Waals surface area contributed by atoms with Gasteiger partial charge in [-0.3, -0.25) is 9.59 Å². The largest absolute Gasteiger partial charge is 1.00 e. The fourth-order valence-electron chi connectivity index (χ4n) is 7.11. The molecule has 0 saturated heterocycles. The molecular weight excluding hydrogens is 727 g/mol. The third kappa shape index (κ3) is 8.54. The average molecular weight is 765 g/mol. The van der Waals surface area contributed by atoms with E-state index in [-0.39, 0.29) is 126 Å². The van der Waals surface area contributed by atoms with Crippen LogP contribution < -0.4 is 74.9 Å². The molecule has 0 radical (unpaired) electrons. The molecular formula is C37H38N2Na2O9S2. The number of fused-ring (bicyclic) bond motifs is 2. The number of nitrogen functional groups attached to an aromatic ring is 1. The summed E-state index contributed by atoms with van der Waals surface area (Å²) in [6, 6.07) is 13.2. The van der Waals surface area contributed by atoms with Crippen LogP contribution in [0.15, 0.2) is 64.4 Å². The molecule has 4 aromatic carbocycles. The molecule has 0 bridgehead atoms. The van der Waals surface area contributed by atoms with Crippen molar-refractivity contribution in [3.05, 3.63) is 99.1 Å². The monoisotopic (exact) mass is 764 g/mol. The van der Waals surface area contributed by atoms with Crippen LogP contribution in [-0.4, -0.2) is 37.5 Å². The number of nitrogens with one attached hydrogen (secondary N) is 1. The summed E-state index contributed by atoms with van der Waals surface area (Å²) >= 11 is 0. The Kier molecular flexibility index (Phi) is 12.9. The number of anilines is 3. The van der Waals surface area contributed by atoms with E-state index in [1.165, 1.54) is 50.2 Å². The van der Waals surface area contributed by atoms with Crippen LogP contribution in [0.1, 0.15) is 95.1 Å². The minimum Gasteiger partial charge on any atom is -0.744 e. The van der Waals surface area contributed by atoms with Crippen molar-refractivity contribution in [1.29, 1.82) is 0 Å².